The van der Waals surface area contributed by atoms with E-state index in [1.54, 1.807) is 6.20 Å². The monoisotopic (exact) mass is 278 g/mol. The molecule has 0 spiro atoms. The number of aromatic nitrogens is 2. The molecular formula is C15H26N4O. The van der Waals surface area contributed by atoms with E-state index in [9.17, 15) is 0 Å². The average Bonchev–Trinajstić information content (AvgIpc) is 2.84. The van der Waals surface area contributed by atoms with Crippen LogP contribution in [-0.4, -0.2) is 41.2 Å². The van der Waals surface area contributed by atoms with Crippen molar-refractivity contribution >= 4 is 5.82 Å². The zero-order valence-electron chi connectivity index (χ0n) is 13.0. The van der Waals surface area contributed by atoms with Crippen LogP contribution in [0.15, 0.2) is 12.4 Å². The van der Waals surface area contributed by atoms with Crippen LogP contribution in [0.4, 0.5) is 5.82 Å². The fourth-order valence-corrected chi connectivity index (χ4v) is 2.50. The van der Waals surface area contributed by atoms with Crippen LogP contribution in [0.3, 0.4) is 0 Å². The van der Waals surface area contributed by atoms with E-state index >= 15 is 0 Å². The predicted octanol–water partition coefficient (Wildman–Crippen LogP) is 2.23. The van der Waals surface area contributed by atoms with Gasteiger partial charge in [-0.15, -0.1) is 0 Å². The summed E-state index contributed by atoms with van der Waals surface area (Å²) in [6.45, 7) is 10.4. The number of rotatable bonds is 6. The van der Waals surface area contributed by atoms with Gasteiger partial charge in [0.05, 0.1) is 18.5 Å². The molecule has 1 atom stereocenters. The van der Waals surface area contributed by atoms with E-state index in [0.717, 1.165) is 18.9 Å². The Kier molecular flexibility index (Phi) is 5.17. The maximum atomic E-state index is 5.63. The van der Waals surface area contributed by atoms with Crippen molar-refractivity contribution in [1.29, 1.82) is 0 Å². The molecule has 1 aliphatic rings. The van der Waals surface area contributed by atoms with Gasteiger partial charge in [-0.2, -0.15) is 4.98 Å². The Morgan fingerprint density at radius 2 is 2.15 bits per heavy atom. The largest absolute Gasteiger partial charge is 0.474 e. The molecule has 1 saturated heterocycles. The van der Waals surface area contributed by atoms with Gasteiger partial charge in [0.15, 0.2) is 5.82 Å². The molecule has 5 nitrogen and oxygen atoms in total. The fourth-order valence-electron chi connectivity index (χ4n) is 2.50. The van der Waals surface area contributed by atoms with Gasteiger partial charge in [0, 0.05) is 25.2 Å². The van der Waals surface area contributed by atoms with Crippen molar-refractivity contribution in [1.82, 2.24) is 15.3 Å². The van der Waals surface area contributed by atoms with Crippen LogP contribution in [0.2, 0.25) is 0 Å². The van der Waals surface area contributed by atoms with Crippen molar-refractivity contribution in [3.63, 3.8) is 0 Å². The van der Waals surface area contributed by atoms with E-state index in [-0.39, 0.29) is 6.10 Å². The highest BCUT2D eigenvalue weighted by Gasteiger charge is 2.26. The molecule has 5 heteroatoms. The molecule has 0 radical (unpaired) electrons. The van der Waals surface area contributed by atoms with Gasteiger partial charge in [-0.3, -0.25) is 4.98 Å². The maximum absolute atomic E-state index is 5.63. The molecule has 1 aliphatic heterocycles. The molecule has 0 amide bonds. The van der Waals surface area contributed by atoms with E-state index in [1.165, 1.54) is 12.8 Å². The predicted molar refractivity (Wildman–Crippen MR) is 81.3 cm³/mol. The third-order valence-electron chi connectivity index (χ3n) is 3.39. The lowest BCUT2D eigenvalue weighted by Crippen LogP contribution is -2.40. The topological polar surface area (TPSA) is 50.3 Å². The molecular weight excluding hydrogens is 252 g/mol. The lowest BCUT2D eigenvalue weighted by atomic mass is 10.2. The van der Waals surface area contributed by atoms with E-state index < -0.39 is 0 Å². The highest BCUT2D eigenvalue weighted by Crippen LogP contribution is 2.24. The Labute approximate surface area is 121 Å². The summed E-state index contributed by atoms with van der Waals surface area (Å²) in [5.74, 6) is 1.54. The van der Waals surface area contributed by atoms with Crippen LogP contribution in [0.1, 0.15) is 40.5 Å². The van der Waals surface area contributed by atoms with Crippen molar-refractivity contribution < 1.29 is 4.74 Å². The maximum Gasteiger partial charge on any atom is 0.234 e. The summed E-state index contributed by atoms with van der Waals surface area (Å²) in [6, 6.07) is 1.01. The van der Waals surface area contributed by atoms with Crippen molar-refractivity contribution in [2.24, 2.45) is 0 Å². The number of nitrogens with one attached hydrogen (secondary N) is 1. The van der Waals surface area contributed by atoms with Crippen LogP contribution in [0.5, 0.6) is 5.88 Å². The molecule has 0 saturated carbocycles. The Morgan fingerprint density at radius 3 is 2.85 bits per heavy atom. The molecule has 1 aromatic heterocycles. The van der Waals surface area contributed by atoms with Crippen LogP contribution >= 0.6 is 0 Å². The number of anilines is 1. The summed E-state index contributed by atoms with van der Waals surface area (Å²) in [5, 5.41) is 3.51. The first-order chi connectivity index (χ1) is 9.56. The van der Waals surface area contributed by atoms with Gasteiger partial charge in [0.1, 0.15) is 0 Å². The van der Waals surface area contributed by atoms with Gasteiger partial charge >= 0.3 is 0 Å². The van der Waals surface area contributed by atoms with E-state index in [0.29, 0.717) is 18.0 Å². The van der Waals surface area contributed by atoms with Crippen molar-refractivity contribution in [2.75, 3.05) is 18.0 Å². The summed E-state index contributed by atoms with van der Waals surface area (Å²) in [4.78, 5) is 11.2. The molecule has 0 aliphatic carbocycles. The van der Waals surface area contributed by atoms with Gasteiger partial charge in [-0.05, 0) is 26.7 Å². The first-order valence-corrected chi connectivity index (χ1v) is 7.55. The van der Waals surface area contributed by atoms with Crippen LogP contribution in [0, 0.1) is 0 Å². The number of hydrogen-bond acceptors (Lipinski definition) is 5. The summed E-state index contributed by atoms with van der Waals surface area (Å²) in [5.41, 5.74) is 0. The molecule has 0 aromatic carbocycles. The van der Waals surface area contributed by atoms with Crippen molar-refractivity contribution in [2.45, 2.75) is 58.7 Å². The minimum atomic E-state index is 0.122. The Balaban J connectivity index is 2.05. The molecule has 1 fully saturated rings. The van der Waals surface area contributed by atoms with Crippen molar-refractivity contribution in [3.8, 4) is 5.88 Å². The van der Waals surface area contributed by atoms with E-state index in [4.69, 9.17) is 4.74 Å². The zero-order valence-corrected chi connectivity index (χ0v) is 13.0. The first kappa shape index (κ1) is 15.0. The smallest absolute Gasteiger partial charge is 0.234 e. The van der Waals surface area contributed by atoms with Gasteiger partial charge in [-0.1, -0.05) is 13.8 Å². The Bertz CT molecular complexity index is 422. The normalized spacial score (nSPS) is 19.1. The quantitative estimate of drug-likeness (QED) is 0.865. The minimum Gasteiger partial charge on any atom is -0.474 e. The molecule has 1 unspecified atom stereocenters. The molecule has 0 bridgehead atoms. The number of hydrogen-bond donors (Lipinski definition) is 1. The molecule has 112 valence electrons. The number of nitrogens with zero attached hydrogens (tertiary/aromatic N) is 3. The summed E-state index contributed by atoms with van der Waals surface area (Å²) in [6.07, 6.45) is 6.05. The number of ether oxygens (including phenoxy) is 1. The van der Waals surface area contributed by atoms with Gasteiger partial charge in [0.25, 0.3) is 0 Å². The second-order valence-electron chi connectivity index (χ2n) is 5.93. The van der Waals surface area contributed by atoms with Gasteiger partial charge in [-0.25, -0.2) is 0 Å². The van der Waals surface area contributed by atoms with Crippen LogP contribution in [-0.2, 0) is 0 Å². The van der Waals surface area contributed by atoms with Gasteiger partial charge in [0.2, 0.25) is 5.88 Å². The molecule has 2 rings (SSSR count). The standard InChI is InChI=1S/C15H26N4O/c1-11(2)17-8-13-6-5-7-19(13)14-9-16-10-15(18-14)20-12(3)4/h9-13,17H,5-8H2,1-4H3. The molecule has 1 aromatic rings. The first-order valence-electron chi connectivity index (χ1n) is 7.55. The van der Waals surface area contributed by atoms with Crippen LogP contribution in [0.25, 0.3) is 0 Å². The fraction of sp³-hybridized carbons (Fsp3) is 0.733. The lowest BCUT2D eigenvalue weighted by Gasteiger charge is -2.26. The SMILES string of the molecule is CC(C)NCC1CCCN1c1cncc(OC(C)C)n1. The summed E-state index contributed by atoms with van der Waals surface area (Å²) in [7, 11) is 0. The minimum absolute atomic E-state index is 0.122. The lowest BCUT2D eigenvalue weighted by molar-refractivity contribution is 0.231. The average molecular weight is 278 g/mol. The third kappa shape index (κ3) is 4.07. The third-order valence-corrected chi connectivity index (χ3v) is 3.39. The summed E-state index contributed by atoms with van der Waals surface area (Å²) < 4.78 is 5.63. The van der Waals surface area contributed by atoms with Crippen LogP contribution < -0.4 is 15.0 Å². The van der Waals surface area contributed by atoms with Crippen molar-refractivity contribution in [3.05, 3.63) is 12.4 Å². The second-order valence-corrected chi connectivity index (χ2v) is 5.93. The van der Waals surface area contributed by atoms with E-state index in [2.05, 4.69) is 34.0 Å². The highest BCUT2D eigenvalue weighted by molar-refractivity contribution is 5.40. The zero-order chi connectivity index (χ0) is 14.5. The highest BCUT2D eigenvalue weighted by atomic mass is 16.5. The van der Waals surface area contributed by atoms with E-state index in [1.807, 2.05) is 20.0 Å². The second kappa shape index (κ2) is 6.88. The molecule has 1 N–H and O–H groups in total. The summed E-state index contributed by atoms with van der Waals surface area (Å²) >= 11 is 0. The molecule has 2 heterocycles. The van der Waals surface area contributed by atoms with Gasteiger partial charge < -0.3 is 15.0 Å². The Hall–Kier alpha value is -1.36. The Morgan fingerprint density at radius 1 is 1.35 bits per heavy atom. The molecule has 20 heavy (non-hydrogen) atoms.